The minimum absolute atomic E-state index is 0.198. The predicted molar refractivity (Wildman–Crippen MR) is 64.3 cm³/mol. The third kappa shape index (κ3) is 7.62. The second kappa shape index (κ2) is 12.0. The molecule has 82 valence electrons. The van der Waals surface area contributed by atoms with E-state index in [-0.39, 0.29) is 6.61 Å². The zero-order chi connectivity index (χ0) is 11.4. The van der Waals surface area contributed by atoms with Gasteiger partial charge < -0.3 is 10.8 Å². The summed E-state index contributed by atoms with van der Waals surface area (Å²) in [7, 11) is 0. The Kier molecular flexibility index (Phi) is 13.2. The van der Waals surface area contributed by atoms with Crippen molar-refractivity contribution in [3.8, 4) is 0 Å². The molecule has 0 radical (unpaired) electrons. The molecule has 2 heteroatoms. The molecule has 3 N–H and O–H groups in total. The molecule has 0 aliphatic rings. The lowest BCUT2D eigenvalue weighted by Crippen LogP contribution is -1.90. The van der Waals surface area contributed by atoms with E-state index in [1.807, 2.05) is 52.0 Å². The van der Waals surface area contributed by atoms with Crippen molar-refractivity contribution in [2.45, 2.75) is 34.1 Å². The zero-order valence-electron chi connectivity index (χ0n) is 9.75. The maximum absolute atomic E-state index is 8.56. The van der Waals surface area contributed by atoms with Crippen molar-refractivity contribution in [3.63, 3.8) is 0 Å². The van der Waals surface area contributed by atoms with Crippen molar-refractivity contribution >= 4 is 5.69 Å². The topological polar surface area (TPSA) is 46.2 Å². The number of nitrogen functional groups attached to an aromatic ring is 1. The monoisotopic (exact) mass is 197 g/mol. The van der Waals surface area contributed by atoms with Gasteiger partial charge in [-0.25, -0.2) is 0 Å². The molecule has 0 fully saturated rings. The van der Waals surface area contributed by atoms with E-state index in [0.29, 0.717) is 6.42 Å². The summed E-state index contributed by atoms with van der Waals surface area (Å²) in [6.45, 7) is 8.20. The fourth-order valence-corrected chi connectivity index (χ4v) is 0.813. The van der Waals surface area contributed by atoms with Gasteiger partial charge >= 0.3 is 0 Å². The van der Waals surface area contributed by atoms with Gasteiger partial charge in [-0.05, 0) is 24.1 Å². The Morgan fingerprint density at radius 2 is 1.43 bits per heavy atom. The van der Waals surface area contributed by atoms with Gasteiger partial charge in [-0.15, -0.1) is 0 Å². The maximum atomic E-state index is 8.56. The fraction of sp³-hybridized carbons (Fsp3) is 0.500. The number of hydrogen-bond acceptors (Lipinski definition) is 2. The SMILES string of the molecule is CC.CC.Nc1ccc(CCO)cc1. The van der Waals surface area contributed by atoms with E-state index >= 15 is 0 Å². The average molecular weight is 197 g/mol. The summed E-state index contributed by atoms with van der Waals surface area (Å²) >= 11 is 0. The molecule has 0 atom stereocenters. The number of anilines is 1. The van der Waals surface area contributed by atoms with E-state index in [2.05, 4.69) is 0 Å². The highest BCUT2D eigenvalue weighted by molar-refractivity contribution is 5.39. The number of rotatable bonds is 2. The summed E-state index contributed by atoms with van der Waals surface area (Å²) in [6, 6.07) is 7.52. The largest absolute Gasteiger partial charge is 0.399 e. The number of aliphatic hydroxyl groups excluding tert-OH is 1. The molecule has 1 aromatic rings. The van der Waals surface area contributed by atoms with Gasteiger partial charge in [0.1, 0.15) is 0 Å². The summed E-state index contributed by atoms with van der Waals surface area (Å²) in [5.41, 5.74) is 7.35. The standard InChI is InChI=1S/C8H11NO.2C2H6/c9-8-3-1-7(2-4-8)5-6-10;2*1-2/h1-4,10H,5-6,9H2;2*1-2H3. The Labute approximate surface area is 87.8 Å². The molecule has 0 spiro atoms. The van der Waals surface area contributed by atoms with Gasteiger partial charge in [-0.3, -0.25) is 0 Å². The Morgan fingerprint density at radius 3 is 1.79 bits per heavy atom. The second-order valence-corrected chi connectivity index (χ2v) is 2.22. The van der Waals surface area contributed by atoms with Crippen molar-refractivity contribution < 1.29 is 5.11 Å². The Balaban J connectivity index is 0. The van der Waals surface area contributed by atoms with Crippen LogP contribution in [0.25, 0.3) is 0 Å². The van der Waals surface area contributed by atoms with Crippen LogP contribution in [0, 0.1) is 0 Å². The molecule has 2 nitrogen and oxygen atoms in total. The highest BCUT2D eigenvalue weighted by atomic mass is 16.2. The van der Waals surface area contributed by atoms with Crippen LogP contribution in [0.4, 0.5) is 5.69 Å². The summed E-state index contributed by atoms with van der Waals surface area (Å²) < 4.78 is 0. The smallest absolute Gasteiger partial charge is 0.0471 e. The molecule has 0 saturated carbocycles. The van der Waals surface area contributed by atoms with E-state index in [4.69, 9.17) is 10.8 Å². The first-order valence-electron chi connectivity index (χ1n) is 5.28. The van der Waals surface area contributed by atoms with Crippen molar-refractivity contribution in [2.75, 3.05) is 12.3 Å². The number of nitrogens with two attached hydrogens (primary N) is 1. The molecule has 14 heavy (non-hydrogen) atoms. The first-order valence-corrected chi connectivity index (χ1v) is 5.28. The summed E-state index contributed by atoms with van der Waals surface area (Å²) in [5.74, 6) is 0. The van der Waals surface area contributed by atoms with Crippen LogP contribution in [0.15, 0.2) is 24.3 Å². The lowest BCUT2D eigenvalue weighted by atomic mass is 10.1. The van der Waals surface area contributed by atoms with E-state index in [9.17, 15) is 0 Å². The van der Waals surface area contributed by atoms with Gasteiger partial charge in [0.25, 0.3) is 0 Å². The van der Waals surface area contributed by atoms with Gasteiger partial charge in [0, 0.05) is 12.3 Å². The minimum atomic E-state index is 0.198. The molecular weight excluding hydrogens is 174 g/mol. The molecule has 1 aromatic carbocycles. The van der Waals surface area contributed by atoms with Crippen molar-refractivity contribution in [1.82, 2.24) is 0 Å². The van der Waals surface area contributed by atoms with E-state index in [1.54, 1.807) is 0 Å². The first-order chi connectivity index (χ1) is 6.83. The Morgan fingerprint density at radius 1 is 1.00 bits per heavy atom. The maximum Gasteiger partial charge on any atom is 0.0471 e. The quantitative estimate of drug-likeness (QED) is 0.716. The second-order valence-electron chi connectivity index (χ2n) is 2.22. The molecule has 0 amide bonds. The van der Waals surface area contributed by atoms with Crippen molar-refractivity contribution in [1.29, 1.82) is 0 Å². The lowest BCUT2D eigenvalue weighted by Gasteiger charge is -1.96. The van der Waals surface area contributed by atoms with Crippen LogP contribution in [0.3, 0.4) is 0 Å². The third-order valence-electron chi connectivity index (χ3n) is 1.38. The Hall–Kier alpha value is -1.02. The van der Waals surface area contributed by atoms with Crippen LogP contribution in [0.1, 0.15) is 33.3 Å². The fourth-order valence-electron chi connectivity index (χ4n) is 0.813. The molecule has 0 heterocycles. The van der Waals surface area contributed by atoms with Gasteiger partial charge in [0.15, 0.2) is 0 Å². The van der Waals surface area contributed by atoms with Gasteiger partial charge in [0.2, 0.25) is 0 Å². The minimum Gasteiger partial charge on any atom is -0.399 e. The highest BCUT2D eigenvalue weighted by Gasteiger charge is 1.88. The molecular formula is C12H23NO. The molecule has 0 aliphatic carbocycles. The van der Waals surface area contributed by atoms with Gasteiger partial charge in [-0.1, -0.05) is 39.8 Å². The Bertz CT molecular complexity index is 194. The normalized spacial score (nSPS) is 7.79. The van der Waals surface area contributed by atoms with E-state index in [1.165, 1.54) is 0 Å². The third-order valence-corrected chi connectivity index (χ3v) is 1.38. The van der Waals surface area contributed by atoms with Crippen LogP contribution in [0.2, 0.25) is 0 Å². The van der Waals surface area contributed by atoms with Crippen LogP contribution in [0.5, 0.6) is 0 Å². The molecule has 0 aromatic heterocycles. The van der Waals surface area contributed by atoms with Crippen LogP contribution in [-0.2, 0) is 6.42 Å². The molecule has 0 aliphatic heterocycles. The van der Waals surface area contributed by atoms with Crippen LogP contribution >= 0.6 is 0 Å². The molecule has 0 bridgehead atoms. The van der Waals surface area contributed by atoms with E-state index in [0.717, 1.165) is 11.3 Å². The number of hydrogen-bond donors (Lipinski definition) is 2. The summed E-state index contributed by atoms with van der Waals surface area (Å²) in [6.07, 6.45) is 0.709. The molecule has 0 unspecified atom stereocenters. The highest BCUT2D eigenvalue weighted by Crippen LogP contribution is 2.04. The van der Waals surface area contributed by atoms with Gasteiger partial charge in [-0.2, -0.15) is 0 Å². The molecule has 0 saturated heterocycles. The lowest BCUT2D eigenvalue weighted by molar-refractivity contribution is 0.299. The average Bonchev–Trinajstić information content (AvgIpc) is 2.28. The van der Waals surface area contributed by atoms with Gasteiger partial charge in [0.05, 0.1) is 0 Å². The number of aliphatic hydroxyl groups is 1. The van der Waals surface area contributed by atoms with Crippen LogP contribution in [-0.4, -0.2) is 11.7 Å². The molecule has 1 rings (SSSR count). The van der Waals surface area contributed by atoms with Crippen molar-refractivity contribution in [2.24, 2.45) is 0 Å². The summed E-state index contributed by atoms with van der Waals surface area (Å²) in [5, 5.41) is 8.56. The first kappa shape index (κ1) is 15.5. The number of benzene rings is 1. The summed E-state index contributed by atoms with van der Waals surface area (Å²) in [4.78, 5) is 0. The predicted octanol–water partition coefficient (Wildman–Crippen LogP) is 2.86. The van der Waals surface area contributed by atoms with Crippen molar-refractivity contribution in [3.05, 3.63) is 29.8 Å². The van der Waals surface area contributed by atoms with Crippen LogP contribution < -0.4 is 5.73 Å². The zero-order valence-corrected chi connectivity index (χ0v) is 9.75. The van der Waals surface area contributed by atoms with E-state index < -0.39 is 0 Å².